The van der Waals surface area contributed by atoms with E-state index in [-0.39, 0.29) is 24.5 Å². The molecule has 4 aromatic carbocycles. The summed E-state index contributed by atoms with van der Waals surface area (Å²) in [5, 5.41) is 16.6. The monoisotopic (exact) mass is 487 g/mol. The van der Waals surface area contributed by atoms with Crippen LogP contribution in [0.3, 0.4) is 0 Å². The Morgan fingerprint density at radius 1 is 0.861 bits per heavy atom. The fourth-order valence-electron chi connectivity index (χ4n) is 3.78. The molecule has 6 heteroatoms. The summed E-state index contributed by atoms with van der Waals surface area (Å²) >= 11 is 0. The Labute approximate surface area is 213 Å². The lowest BCUT2D eigenvalue weighted by molar-refractivity contribution is -0.123. The van der Waals surface area contributed by atoms with Crippen LogP contribution in [0.2, 0.25) is 0 Å². The largest absolute Gasteiger partial charge is 0.457 e. The Morgan fingerprint density at radius 3 is 1.81 bits per heavy atom. The fourth-order valence-corrected chi connectivity index (χ4v) is 3.78. The van der Waals surface area contributed by atoms with Crippen LogP contribution in [0.5, 0.6) is 11.5 Å². The third-order valence-corrected chi connectivity index (χ3v) is 6.06. The van der Waals surface area contributed by atoms with Crippen LogP contribution < -0.4 is 21.5 Å². The Hall–Kier alpha value is -3.45. The number of fused-ring (bicyclic) bond motifs is 2. The maximum absolute atomic E-state index is 11.5. The van der Waals surface area contributed by atoms with Gasteiger partial charge in [0, 0.05) is 0 Å². The van der Waals surface area contributed by atoms with Gasteiger partial charge in [0.2, 0.25) is 5.91 Å². The molecule has 0 heterocycles. The molecule has 0 fully saturated rings. The molecule has 36 heavy (non-hydrogen) atoms. The first-order chi connectivity index (χ1) is 17.4. The summed E-state index contributed by atoms with van der Waals surface area (Å²) in [6, 6.07) is 28.2. The topological polar surface area (TPSA) is 111 Å². The molecule has 0 spiro atoms. The second-order valence-electron chi connectivity index (χ2n) is 9.20. The first-order valence-corrected chi connectivity index (χ1v) is 12.4. The third-order valence-electron chi connectivity index (χ3n) is 6.06. The highest BCUT2D eigenvalue weighted by atomic mass is 16.5. The lowest BCUT2D eigenvalue weighted by Gasteiger charge is -2.22. The highest BCUT2D eigenvalue weighted by Gasteiger charge is 2.19. The molecule has 2 atom stereocenters. The van der Waals surface area contributed by atoms with Gasteiger partial charge in [-0.25, -0.2) is 0 Å². The third kappa shape index (κ3) is 7.78. The fraction of sp³-hybridized carbons (Fsp3) is 0.300. The van der Waals surface area contributed by atoms with E-state index in [1.165, 1.54) is 21.5 Å². The molecule has 0 saturated heterocycles. The molecule has 0 aliphatic carbocycles. The van der Waals surface area contributed by atoms with Crippen LogP contribution in [-0.2, 0) is 4.79 Å². The van der Waals surface area contributed by atoms with Gasteiger partial charge in [-0.3, -0.25) is 4.79 Å². The van der Waals surface area contributed by atoms with E-state index in [1.54, 1.807) is 0 Å². The number of aliphatic hydroxyl groups is 1. The molecule has 1 amide bonds. The molecule has 6 N–H and O–H groups in total. The van der Waals surface area contributed by atoms with Crippen molar-refractivity contribution in [2.75, 3.05) is 13.2 Å². The summed E-state index contributed by atoms with van der Waals surface area (Å²) in [5.74, 6) is 1.71. The van der Waals surface area contributed by atoms with Gasteiger partial charge in [-0.2, -0.15) is 0 Å². The second kappa shape index (κ2) is 13.6. The molecule has 0 aliphatic heterocycles. The number of carbonyl (C=O) groups is 1. The van der Waals surface area contributed by atoms with E-state index in [9.17, 15) is 4.79 Å². The molecular weight excluding hydrogens is 450 g/mol. The predicted octanol–water partition coefficient (Wildman–Crippen LogP) is 4.97. The van der Waals surface area contributed by atoms with Crippen molar-refractivity contribution in [2.45, 2.75) is 38.8 Å². The van der Waals surface area contributed by atoms with Crippen LogP contribution in [0.1, 0.15) is 26.7 Å². The van der Waals surface area contributed by atoms with E-state index < -0.39 is 6.04 Å². The van der Waals surface area contributed by atoms with Crippen molar-refractivity contribution in [1.29, 1.82) is 0 Å². The number of hydrogen-bond acceptors (Lipinski definition) is 5. The van der Waals surface area contributed by atoms with Gasteiger partial charge in [0.05, 0.1) is 18.7 Å². The lowest BCUT2D eigenvalue weighted by atomic mass is 10.0. The number of nitrogens with two attached hydrogens (primary N) is 2. The highest BCUT2D eigenvalue weighted by molar-refractivity contribution is 5.85. The molecule has 6 nitrogen and oxygen atoms in total. The van der Waals surface area contributed by atoms with Crippen LogP contribution in [-0.4, -0.2) is 36.2 Å². The van der Waals surface area contributed by atoms with E-state index in [2.05, 4.69) is 53.8 Å². The van der Waals surface area contributed by atoms with Crippen LogP contribution in [0.15, 0.2) is 84.9 Å². The van der Waals surface area contributed by atoms with Crippen LogP contribution in [0, 0.1) is 5.92 Å². The molecule has 190 valence electrons. The average Bonchev–Trinajstić information content (AvgIpc) is 2.90. The van der Waals surface area contributed by atoms with Crippen LogP contribution in [0.4, 0.5) is 0 Å². The summed E-state index contributed by atoms with van der Waals surface area (Å²) in [7, 11) is 0. The quantitative estimate of drug-likeness (QED) is 0.266. The van der Waals surface area contributed by atoms with Gasteiger partial charge in [-0.05, 0) is 71.1 Å². The summed E-state index contributed by atoms with van der Waals surface area (Å²) in [6.07, 6.45) is 1.32. The summed E-state index contributed by atoms with van der Waals surface area (Å²) < 4.78 is 5.99. The molecular formula is C30H37N3O3. The average molecular weight is 488 g/mol. The SMILES string of the molecule is CC(C)[C@H](CO)NC(=O)[C@H](N)CCCN.c1ccc2cc(Oc3ccc4ccccc4c3)ccc2c1. The number of benzene rings is 4. The van der Waals surface area contributed by atoms with Crippen LogP contribution >= 0.6 is 0 Å². The molecule has 0 unspecified atom stereocenters. The minimum absolute atomic E-state index is 0.0625. The normalized spacial score (nSPS) is 12.6. The highest BCUT2D eigenvalue weighted by Crippen LogP contribution is 2.28. The molecule has 0 radical (unpaired) electrons. The molecule has 0 aliphatic rings. The van der Waals surface area contributed by atoms with Gasteiger partial charge >= 0.3 is 0 Å². The standard InChI is InChI=1S/C20H14O.C10H23N3O2/c1-3-7-17-13-19(11-9-15(17)5-1)21-20-12-10-16-6-2-4-8-18(16)14-20;1-7(2)9(6-14)13-10(15)8(12)4-3-5-11/h1-14H;7-9,14H,3-6,11-12H2,1-2H3,(H,13,15)/t;8-,9+/m.1/s1. The Kier molecular flexibility index (Phi) is 10.2. The Balaban J connectivity index is 0.000000215. The number of hydrogen-bond donors (Lipinski definition) is 4. The second-order valence-corrected chi connectivity index (χ2v) is 9.20. The lowest BCUT2D eigenvalue weighted by Crippen LogP contribution is -2.48. The van der Waals surface area contributed by atoms with Gasteiger partial charge in [0.15, 0.2) is 0 Å². The zero-order chi connectivity index (χ0) is 25.9. The number of ether oxygens (including phenoxy) is 1. The van der Waals surface area contributed by atoms with Crippen molar-refractivity contribution in [1.82, 2.24) is 5.32 Å². The van der Waals surface area contributed by atoms with E-state index >= 15 is 0 Å². The molecule has 0 bridgehead atoms. The minimum Gasteiger partial charge on any atom is -0.457 e. The zero-order valence-corrected chi connectivity index (χ0v) is 21.1. The van der Waals surface area contributed by atoms with Gasteiger partial charge in [0.25, 0.3) is 0 Å². The summed E-state index contributed by atoms with van der Waals surface area (Å²) in [6.45, 7) is 4.35. The minimum atomic E-state index is -0.527. The van der Waals surface area contributed by atoms with Crippen molar-refractivity contribution in [3.8, 4) is 11.5 Å². The van der Waals surface area contributed by atoms with Crippen LogP contribution in [0.25, 0.3) is 21.5 Å². The van der Waals surface area contributed by atoms with Gasteiger partial charge < -0.3 is 26.6 Å². The molecule has 4 rings (SSSR count). The zero-order valence-electron chi connectivity index (χ0n) is 21.1. The van der Waals surface area contributed by atoms with E-state index in [4.69, 9.17) is 21.3 Å². The number of rotatable bonds is 9. The summed E-state index contributed by atoms with van der Waals surface area (Å²) in [4.78, 5) is 11.5. The molecule has 4 aromatic rings. The van der Waals surface area contributed by atoms with E-state index in [1.807, 2.05) is 50.2 Å². The van der Waals surface area contributed by atoms with Gasteiger partial charge in [-0.1, -0.05) is 74.5 Å². The number of carbonyl (C=O) groups excluding carboxylic acids is 1. The van der Waals surface area contributed by atoms with Crippen molar-refractivity contribution < 1.29 is 14.6 Å². The first kappa shape index (κ1) is 27.1. The maximum Gasteiger partial charge on any atom is 0.237 e. The van der Waals surface area contributed by atoms with Gasteiger partial charge in [0.1, 0.15) is 11.5 Å². The smallest absolute Gasteiger partial charge is 0.237 e. The number of nitrogens with one attached hydrogen (secondary N) is 1. The number of aliphatic hydroxyl groups excluding tert-OH is 1. The van der Waals surface area contributed by atoms with Gasteiger partial charge in [-0.15, -0.1) is 0 Å². The Bertz CT molecular complexity index is 1180. The van der Waals surface area contributed by atoms with Crippen molar-refractivity contribution in [3.05, 3.63) is 84.9 Å². The van der Waals surface area contributed by atoms with Crippen molar-refractivity contribution in [2.24, 2.45) is 17.4 Å². The van der Waals surface area contributed by atoms with E-state index in [0.717, 1.165) is 17.9 Å². The molecule has 0 saturated carbocycles. The summed E-state index contributed by atoms with van der Waals surface area (Å²) in [5.41, 5.74) is 11.0. The first-order valence-electron chi connectivity index (χ1n) is 12.4. The molecule has 0 aromatic heterocycles. The predicted molar refractivity (Wildman–Crippen MR) is 148 cm³/mol. The number of amides is 1. The Morgan fingerprint density at radius 2 is 1.36 bits per heavy atom. The van der Waals surface area contributed by atoms with E-state index in [0.29, 0.717) is 13.0 Å². The van der Waals surface area contributed by atoms with Crippen molar-refractivity contribution >= 4 is 27.5 Å². The van der Waals surface area contributed by atoms with Crippen molar-refractivity contribution in [3.63, 3.8) is 0 Å². The maximum atomic E-state index is 11.5.